The quantitative estimate of drug-likeness (QED) is 0.246. The maximum atomic E-state index is 13.7. The van der Waals surface area contributed by atoms with Crippen LogP contribution in [0.1, 0.15) is 68.4 Å². The van der Waals surface area contributed by atoms with Crippen LogP contribution in [0.15, 0.2) is 70.4 Å². The minimum Gasteiger partial charge on any atom is -0.457 e. The Labute approximate surface area is 211 Å². The summed E-state index contributed by atoms with van der Waals surface area (Å²) in [5.41, 5.74) is 2.66. The molecule has 1 aliphatic heterocycles. The first-order chi connectivity index (χ1) is 17.3. The summed E-state index contributed by atoms with van der Waals surface area (Å²) in [6.45, 7) is 9.51. The van der Waals surface area contributed by atoms with E-state index in [1.165, 1.54) is 11.0 Å². The Balaban J connectivity index is 1.70. The van der Waals surface area contributed by atoms with Crippen molar-refractivity contribution >= 4 is 39.3 Å². The van der Waals surface area contributed by atoms with E-state index in [2.05, 4.69) is 25.4 Å². The number of anilines is 1. The molecule has 1 atom stereocenters. The van der Waals surface area contributed by atoms with Gasteiger partial charge < -0.3 is 9.15 Å². The van der Waals surface area contributed by atoms with Gasteiger partial charge in [-0.15, -0.1) is 0 Å². The Morgan fingerprint density at radius 3 is 2.61 bits per heavy atom. The number of carbonyl (C=O) groups excluding carboxylic acids is 2. The summed E-state index contributed by atoms with van der Waals surface area (Å²) in [5, 5.41) is 0.689. The predicted molar refractivity (Wildman–Crippen MR) is 139 cm³/mol. The molecule has 8 heteroatoms. The van der Waals surface area contributed by atoms with Crippen LogP contribution in [-0.4, -0.2) is 23.5 Å². The SMILES string of the molecule is C=CCOC(=O)c1sc(N2C(=O)c3oc4ccccc4c(=O)c3[C@H]2c2ccc(C(C)C)cc2)nc1C. The fraction of sp³-hybridized carbons (Fsp3) is 0.214. The number of thiazole rings is 1. The van der Waals surface area contributed by atoms with Crippen molar-refractivity contribution in [1.82, 2.24) is 4.98 Å². The Hall–Kier alpha value is -4.04. The molecule has 1 amide bonds. The summed E-state index contributed by atoms with van der Waals surface area (Å²) < 4.78 is 11.2. The van der Waals surface area contributed by atoms with E-state index >= 15 is 0 Å². The van der Waals surface area contributed by atoms with E-state index in [9.17, 15) is 14.4 Å². The number of hydrogen-bond acceptors (Lipinski definition) is 7. The Bertz CT molecular complexity index is 1570. The summed E-state index contributed by atoms with van der Waals surface area (Å²) in [6.07, 6.45) is 1.48. The minimum absolute atomic E-state index is 0.0136. The minimum atomic E-state index is -0.753. The van der Waals surface area contributed by atoms with E-state index in [-0.39, 0.29) is 33.4 Å². The smallest absolute Gasteiger partial charge is 0.350 e. The monoisotopic (exact) mass is 500 g/mol. The molecule has 2 aromatic heterocycles. The van der Waals surface area contributed by atoms with Gasteiger partial charge in [0.05, 0.1) is 22.7 Å². The standard InChI is InChI=1S/C28H24N2O5S/c1-5-14-34-27(33)25-16(4)29-28(36-25)30-22(18-12-10-17(11-13-18)15(2)3)21-23(31)19-8-6-7-9-20(19)35-24(21)26(30)32/h5-13,15,22H,1,14H2,2-4H3/t22-/m1/s1. The molecule has 0 radical (unpaired) electrons. The van der Waals surface area contributed by atoms with Crippen molar-refractivity contribution in [2.75, 3.05) is 11.5 Å². The molecule has 3 heterocycles. The third-order valence-electron chi connectivity index (χ3n) is 6.21. The molecule has 0 fully saturated rings. The van der Waals surface area contributed by atoms with Crippen LogP contribution in [0.25, 0.3) is 11.0 Å². The Morgan fingerprint density at radius 1 is 1.19 bits per heavy atom. The number of benzene rings is 2. The van der Waals surface area contributed by atoms with Gasteiger partial charge in [0.1, 0.15) is 17.1 Å². The van der Waals surface area contributed by atoms with Gasteiger partial charge in [0.15, 0.2) is 10.6 Å². The van der Waals surface area contributed by atoms with Gasteiger partial charge in [0, 0.05) is 0 Å². The number of aryl methyl sites for hydroxylation is 1. The predicted octanol–water partition coefficient (Wildman–Crippen LogP) is 5.77. The molecule has 1 aliphatic rings. The molecule has 4 aromatic rings. The highest BCUT2D eigenvalue weighted by atomic mass is 32.1. The Morgan fingerprint density at radius 2 is 1.92 bits per heavy atom. The number of nitrogens with zero attached hydrogens (tertiary/aromatic N) is 2. The molecule has 0 spiro atoms. The van der Waals surface area contributed by atoms with Gasteiger partial charge in [-0.25, -0.2) is 9.78 Å². The average molecular weight is 501 g/mol. The molecule has 0 saturated heterocycles. The molecule has 5 rings (SSSR count). The lowest BCUT2D eigenvalue weighted by Gasteiger charge is -2.23. The molecule has 7 nitrogen and oxygen atoms in total. The first-order valence-corrected chi connectivity index (χ1v) is 12.4. The van der Waals surface area contributed by atoms with Crippen molar-refractivity contribution in [2.45, 2.75) is 32.7 Å². The number of ether oxygens (including phenoxy) is 1. The van der Waals surface area contributed by atoms with E-state index in [1.807, 2.05) is 24.3 Å². The third kappa shape index (κ3) is 3.83. The maximum absolute atomic E-state index is 13.7. The maximum Gasteiger partial charge on any atom is 0.350 e. The largest absolute Gasteiger partial charge is 0.457 e. The second kappa shape index (κ2) is 9.20. The summed E-state index contributed by atoms with van der Waals surface area (Å²) in [7, 11) is 0. The van der Waals surface area contributed by atoms with Crippen molar-refractivity contribution in [3.8, 4) is 0 Å². The number of esters is 1. The van der Waals surface area contributed by atoms with E-state index in [1.54, 1.807) is 31.2 Å². The normalized spacial score (nSPS) is 14.9. The van der Waals surface area contributed by atoms with Crippen molar-refractivity contribution < 1.29 is 18.7 Å². The summed E-state index contributed by atoms with van der Waals surface area (Å²) in [6, 6.07) is 13.9. The molecule has 2 aromatic carbocycles. The molecule has 0 aliphatic carbocycles. The lowest BCUT2D eigenvalue weighted by molar-refractivity contribution is 0.0554. The van der Waals surface area contributed by atoms with Crippen LogP contribution in [0, 0.1) is 6.92 Å². The summed E-state index contributed by atoms with van der Waals surface area (Å²) in [5.74, 6) is -0.712. The van der Waals surface area contributed by atoms with E-state index in [0.717, 1.165) is 22.5 Å². The number of rotatable bonds is 6. The van der Waals surface area contributed by atoms with Crippen molar-refractivity contribution in [1.29, 1.82) is 0 Å². The zero-order valence-corrected chi connectivity index (χ0v) is 20.9. The van der Waals surface area contributed by atoms with Gasteiger partial charge in [-0.2, -0.15) is 0 Å². The van der Waals surface area contributed by atoms with E-state index in [0.29, 0.717) is 22.6 Å². The number of amides is 1. The zero-order valence-electron chi connectivity index (χ0n) is 20.1. The van der Waals surface area contributed by atoms with Crippen molar-refractivity contribution in [3.05, 3.63) is 104 Å². The van der Waals surface area contributed by atoms with Crippen LogP contribution < -0.4 is 10.3 Å². The molecule has 0 N–H and O–H groups in total. The lowest BCUT2D eigenvalue weighted by Crippen LogP contribution is -2.29. The lowest BCUT2D eigenvalue weighted by atomic mass is 9.95. The first kappa shape index (κ1) is 23.7. The van der Waals surface area contributed by atoms with Gasteiger partial charge in [0.2, 0.25) is 5.76 Å². The van der Waals surface area contributed by atoms with Crippen molar-refractivity contribution in [2.24, 2.45) is 0 Å². The van der Waals surface area contributed by atoms with Crippen LogP contribution in [0.2, 0.25) is 0 Å². The molecule has 36 heavy (non-hydrogen) atoms. The summed E-state index contributed by atoms with van der Waals surface area (Å²) in [4.78, 5) is 46.2. The van der Waals surface area contributed by atoms with E-state index < -0.39 is 17.9 Å². The van der Waals surface area contributed by atoms with Gasteiger partial charge in [0.25, 0.3) is 5.91 Å². The second-order valence-electron chi connectivity index (χ2n) is 8.87. The molecule has 0 bridgehead atoms. The fourth-order valence-electron chi connectivity index (χ4n) is 4.37. The fourth-order valence-corrected chi connectivity index (χ4v) is 5.36. The zero-order chi connectivity index (χ0) is 25.6. The van der Waals surface area contributed by atoms with Gasteiger partial charge in [-0.05, 0) is 36.1 Å². The molecule has 0 unspecified atom stereocenters. The Kier molecular flexibility index (Phi) is 6.05. The average Bonchev–Trinajstić information content (AvgIpc) is 3.40. The van der Waals surface area contributed by atoms with E-state index in [4.69, 9.17) is 9.15 Å². The van der Waals surface area contributed by atoms with Crippen LogP contribution in [0.4, 0.5) is 5.13 Å². The van der Waals surface area contributed by atoms with Crippen LogP contribution >= 0.6 is 11.3 Å². The number of carbonyl (C=O) groups is 2. The van der Waals surface area contributed by atoms with Crippen LogP contribution in [0.3, 0.4) is 0 Å². The summed E-state index contributed by atoms with van der Waals surface area (Å²) >= 11 is 1.05. The molecule has 182 valence electrons. The highest BCUT2D eigenvalue weighted by molar-refractivity contribution is 7.17. The number of aromatic nitrogens is 1. The molecule has 0 saturated carbocycles. The third-order valence-corrected chi connectivity index (χ3v) is 7.34. The topological polar surface area (TPSA) is 89.7 Å². The number of hydrogen-bond donors (Lipinski definition) is 0. The number of fused-ring (bicyclic) bond motifs is 2. The second-order valence-corrected chi connectivity index (χ2v) is 9.84. The van der Waals surface area contributed by atoms with Gasteiger partial charge in [-0.3, -0.25) is 14.5 Å². The first-order valence-electron chi connectivity index (χ1n) is 11.6. The van der Waals surface area contributed by atoms with Crippen molar-refractivity contribution in [3.63, 3.8) is 0 Å². The highest BCUT2D eigenvalue weighted by Gasteiger charge is 2.45. The van der Waals surface area contributed by atoms with Gasteiger partial charge >= 0.3 is 5.97 Å². The molecular formula is C28H24N2O5S. The van der Waals surface area contributed by atoms with Crippen LogP contribution in [0.5, 0.6) is 0 Å². The highest BCUT2D eigenvalue weighted by Crippen LogP contribution is 2.43. The van der Waals surface area contributed by atoms with Gasteiger partial charge in [-0.1, -0.05) is 74.2 Å². The molecular weight excluding hydrogens is 476 g/mol. The van der Waals surface area contributed by atoms with Crippen LogP contribution in [-0.2, 0) is 4.74 Å². The number of para-hydroxylation sites is 1.